The smallest absolute Gasteiger partial charge is 0.343 e. The molecule has 4 aromatic carbocycles. The molecule has 0 aliphatic carbocycles. The molecule has 200 valence electrons. The lowest BCUT2D eigenvalue weighted by Gasteiger charge is -2.10. The summed E-state index contributed by atoms with van der Waals surface area (Å²) in [5.74, 6) is -0.120. The number of hydrogen-bond donors (Lipinski definition) is 2. The molecule has 0 aliphatic heterocycles. The summed E-state index contributed by atoms with van der Waals surface area (Å²) in [4.78, 5) is 29.3. The zero-order chi connectivity index (χ0) is 28.2. The number of rotatable bonds is 7. The van der Waals surface area contributed by atoms with Gasteiger partial charge in [-0.15, -0.1) is 0 Å². The first-order valence-electron chi connectivity index (χ1n) is 11.9. The van der Waals surface area contributed by atoms with Crippen molar-refractivity contribution in [3.05, 3.63) is 116 Å². The Balaban J connectivity index is 1.47. The Bertz CT molecular complexity index is 1770. The number of carbonyl (C=O) groups is 2. The maximum absolute atomic E-state index is 13.4. The first kappa shape index (κ1) is 27.6. The summed E-state index contributed by atoms with van der Waals surface area (Å²) >= 11 is 13.4. The van der Waals surface area contributed by atoms with Gasteiger partial charge < -0.3 is 14.5 Å². The van der Waals surface area contributed by atoms with Crippen molar-refractivity contribution >= 4 is 72.5 Å². The van der Waals surface area contributed by atoms with E-state index in [0.29, 0.717) is 37.5 Å². The fraction of sp³-hybridized carbons (Fsp3) is 0.0333. The van der Waals surface area contributed by atoms with Gasteiger partial charge in [-0.2, -0.15) is 5.10 Å². The van der Waals surface area contributed by atoms with E-state index in [2.05, 4.69) is 47.4 Å². The topological polar surface area (TPSA) is 92.8 Å². The van der Waals surface area contributed by atoms with Crippen molar-refractivity contribution in [2.45, 2.75) is 0 Å². The number of aromatic nitrogens is 1. The number of nitrogens with zero attached hydrogens (tertiary/aromatic N) is 1. The molecule has 7 nitrogen and oxygen atoms in total. The predicted molar refractivity (Wildman–Crippen MR) is 164 cm³/mol. The molecule has 0 fully saturated rings. The highest BCUT2D eigenvalue weighted by atomic mass is 79.9. The van der Waals surface area contributed by atoms with Crippen LogP contribution in [0.3, 0.4) is 0 Å². The third-order valence-corrected chi connectivity index (χ3v) is 7.36. The van der Waals surface area contributed by atoms with Crippen molar-refractivity contribution in [3.63, 3.8) is 0 Å². The van der Waals surface area contributed by atoms with Gasteiger partial charge >= 0.3 is 5.97 Å². The molecule has 0 aliphatic rings. The maximum atomic E-state index is 13.4. The number of halogens is 3. The Morgan fingerprint density at radius 1 is 0.975 bits per heavy atom. The highest BCUT2D eigenvalue weighted by Gasteiger charge is 2.21. The fourth-order valence-electron chi connectivity index (χ4n) is 4.14. The van der Waals surface area contributed by atoms with Gasteiger partial charge in [-0.1, -0.05) is 63.9 Å². The lowest BCUT2D eigenvalue weighted by atomic mass is 10.0. The van der Waals surface area contributed by atoms with Crippen LogP contribution >= 0.6 is 43.5 Å². The van der Waals surface area contributed by atoms with Crippen molar-refractivity contribution in [2.24, 2.45) is 5.10 Å². The molecular formula is C30H20Br2ClN3O4. The van der Waals surface area contributed by atoms with Gasteiger partial charge in [0.05, 0.1) is 23.4 Å². The number of fused-ring (bicyclic) bond motifs is 1. The minimum Gasteiger partial charge on any atom is -0.497 e. The normalized spacial score (nSPS) is 11.1. The summed E-state index contributed by atoms with van der Waals surface area (Å²) in [5, 5.41) is 5.43. The third kappa shape index (κ3) is 5.82. The van der Waals surface area contributed by atoms with Crippen molar-refractivity contribution in [1.29, 1.82) is 0 Å². The van der Waals surface area contributed by atoms with E-state index in [9.17, 15) is 9.59 Å². The second-order valence-electron chi connectivity index (χ2n) is 8.53. The standard InChI is InChI=1S/C30H20Br2ClN3O4/c1-39-20-11-12-25-22(15-20)26(21-9-5-6-10-24(21)33)27(35-25)29(37)36-34-16-18-13-19(31)14-23(32)28(18)40-30(38)17-7-3-2-4-8-17/h2-16,35H,1H3,(H,36,37). The molecule has 0 saturated carbocycles. The van der Waals surface area contributed by atoms with Gasteiger partial charge in [-0.05, 0) is 64.5 Å². The van der Waals surface area contributed by atoms with Crippen LogP contribution in [0.15, 0.2) is 99.0 Å². The maximum Gasteiger partial charge on any atom is 0.343 e. The van der Waals surface area contributed by atoms with Crippen molar-refractivity contribution in [2.75, 3.05) is 7.11 Å². The van der Waals surface area contributed by atoms with Crippen LogP contribution in [-0.2, 0) is 0 Å². The molecular weight excluding hydrogens is 662 g/mol. The molecule has 1 heterocycles. The fourth-order valence-corrected chi connectivity index (χ4v) is 5.71. The zero-order valence-corrected chi connectivity index (χ0v) is 24.8. The summed E-state index contributed by atoms with van der Waals surface area (Å²) in [6, 6.07) is 24.9. The van der Waals surface area contributed by atoms with Crippen molar-refractivity contribution in [1.82, 2.24) is 10.4 Å². The minimum absolute atomic E-state index is 0.254. The number of H-pyrrole nitrogens is 1. The van der Waals surface area contributed by atoms with E-state index < -0.39 is 11.9 Å². The molecule has 0 saturated heterocycles. The quantitative estimate of drug-likeness (QED) is 0.0788. The van der Waals surface area contributed by atoms with Crippen LogP contribution in [0.2, 0.25) is 5.02 Å². The Morgan fingerprint density at radius 2 is 1.73 bits per heavy atom. The Hall–Kier alpha value is -3.92. The van der Waals surface area contributed by atoms with Gasteiger partial charge in [0.1, 0.15) is 11.4 Å². The zero-order valence-electron chi connectivity index (χ0n) is 20.9. The van der Waals surface area contributed by atoms with Gasteiger partial charge in [-0.25, -0.2) is 10.2 Å². The molecule has 10 heteroatoms. The van der Waals surface area contributed by atoms with Crippen LogP contribution < -0.4 is 14.9 Å². The largest absolute Gasteiger partial charge is 0.497 e. The van der Waals surface area contributed by atoms with Crippen LogP contribution in [0, 0.1) is 0 Å². The van der Waals surface area contributed by atoms with E-state index >= 15 is 0 Å². The first-order valence-corrected chi connectivity index (χ1v) is 13.9. The number of carbonyl (C=O) groups excluding carboxylic acids is 2. The van der Waals surface area contributed by atoms with Gasteiger partial charge in [-0.3, -0.25) is 4.79 Å². The van der Waals surface area contributed by atoms with Gasteiger partial charge in [0, 0.05) is 37.1 Å². The van der Waals surface area contributed by atoms with Crippen molar-refractivity contribution in [3.8, 4) is 22.6 Å². The van der Waals surface area contributed by atoms with E-state index in [1.54, 1.807) is 55.6 Å². The number of esters is 1. The highest BCUT2D eigenvalue weighted by Crippen LogP contribution is 2.38. The summed E-state index contributed by atoms with van der Waals surface area (Å²) < 4.78 is 12.3. The van der Waals surface area contributed by atoms with Gasteiger partial charge in [0.15, 0.2) is 5.75 Å². The van der Waals surface area contributed by atoms with E-state index in [4.69, 9.17) is 21.1 Å². The first-order chi connectivity index (χ1) is 19.4. The number of hydrazone groups is 1. The number of methoxy groups -OCH3 is 1. The summed E-state index contributed by atoms with van der Waals surface area (Å²) in [5.41, 5.74) is 5.74. The molecule has 0 bridgehead atoms. The molecule has 2 N–H and O–H groups in total. The molecule has 5 rings (SSSR count). The molecule has 0 unspecified atom stereocenters. The van der Waals surface area contributed by atoms with E-state index in [1.807, 2.05) is 36.4 Å². The number of ether oxygens (including phenoxy) is 2. The average molecular weight is 682 g/mol. The van der Waals surface area contributed by atoms with Crippen LogP contribution in [0.1, 0.15) is 26.4 Å². The van der Waals surface area contributed by atoms with Crippen LogP contribution in [0.25, 0.3) is 22.0 Å². The van der Waals surface area contributed by atoms with E-state index in [1.165, 1.54) is 6.21 Å². The number of hydrogen-bond acceptors (Lipinski definition) is 5. The highest BCUT2D eigenvalue weighted by molar-refractivity contribution is 9.11. The number of amides is 1. The number of aromatic amines is 1. The lowest BCUT2D eigenvalue weighted by Crippen LogP contribution is -2.19. The van der Waals surface area contributed by atoms with Crippen molar-refractivity contribution < 1.29 is 19.1 Å². The van der Waals surface area contributed by atoms with Gasteiger partial charge in [0.2, 0.25) is 0 Å². The Morgan fingerprint density at radius 3 is 2.48 bits per heavy atom. The Kier molecular flexibility index (Phi) is 8.35. The molecule has 1 aromatic heterocycles. The van der Waals surface area contributed by atoms with Crippen LogP contribution in [0.5, 0.6) is 11.5 Å². The number of benzene rings is 4. The second-order valence-corrected chi connectivity index (χ2v) is 10.7. The summed E-state index contributed by atoms with van der Waals surface area (Å²) in [7, 11) is 1.58. The van der Waals surface area contributed by atoms with E-state index in [0.717, 1.165) is 15.4 Å². The monoisotopic (exact) mass is 679 g/mol. The molecule has 5 aromatic rings. The summed E-state index contributed by atoms with van der Waals surface area (Å²) in [6.07, 6.45) is 1.40. The van der Waals surface area contributed by atoms with Gasteiger partial charge in [0.25, 0.3) is 5.91 Å². The second kappa shape index (κ2) is 12.1. The minimum atomic E-state index is -0.528. The lowest BCUT2D eigenvalue weighted by molar-refractivity contribution is 0.0733. The molecule has 0 spiro atoms. The summed E-state index contributed by atoms with van der Waals surface area (Å²) in [6.45, 7) is 0. The predicted octanol–water partition coefficient (Wildman–Crippen LogP) is 8.01. The molecule has 1 amide bonds. The molecule has 40 heavy (non-hydrogen) atoms. The molecule has 0 radical (unpaired) electrons. The number of nitrogens with one attached hydrogen (secondary N) is 2. The molecule has 0 atom stereocenters. The Labute approximate surface area is 251 Å². The van der Waals surface area contributed by atoms with Crippen LogP contribution in [0.4, 0.5) is 0 Å². The third-order valence-electron chi connectivity index (χ3n) is 5.99. The average Bonchev–Trinajstić information content (AvgIpc) is 3.34. The SMILES string of the molecule is COc1ccc2[nH]c(C(=O)NN=Cc3cc(Br)cc(Br)c3OC(=O)c3ccccc3)c(-c3ccccc3Cl)c2c1. The van der Waals surface area contributed by atoms with Crippen LogP contribution in [-0.4, -0.2) is 30.2 Å². The van der Waals surface area contributed by atoms with E-state index in [-0.39, 0.29) is 11.4 Å².